The Bertz CT molecular complexity index is 702. The number of ether oxygens (including phenoxy) is 3. The fourth-order valence-corrected chi connectivity index (χ4v) is 2.52. The second-order valence-electron chi connectivity index (χ2n) is 6.16. The van der Waals surface area contributed by atoms with E-state index >= 15 is 0 Å². The molecule has 0 aromatic carbocycles. The summed E-state index contributed by atoms with van der Waals surface area (Å²) in [5.41, 5.74) is -1.49. The number of carbonyl (C=O) groups is 4. The number of carboxylic acid groups (broad SMARTS) is 1. The quantitative estimate of drug-likeness (QED) is 0.227. The lowest BCUT2D eigenvalue weighted by Crippen LogP contribution is -2.46. The number of pyridine rings is 1. The Kier molecular flexibility index (Phi) is 9.40. The highest BCUT2D eigenvalue weighted by Crippen LogP contribution is 2.29. The lowest BCUT2D eigenvalue weighted by Gasteiger charge is -2.25. The third-order valence-electron chi connectivity index (χ3n) is 4.02. The van der Waals surface area contributed by atoms with Crippen molar-refractivity contribution in [1.82, 2.24) is 4.98 Å². The van der Waals surface area contributed by atoms with Crippen LogP contribution in [0.5, 0.6) is 0 Å². The predicted molar refractivity (Wildman–Crippen MR) is 96.9 cm³/mol. The number of aryl methyl sites for hydroxylation is 1. The van der Waals surface area contributed by atoms with Crippen LogP contribution in [0.2, 0.25) is 0 Å². The number of nitrogens with zero attached hydrogens (tertiary/aromatic N) is 1. The van der Waals surface area contributed by atoms with E-state index in [9.17, 15) is 24.3 Å². The maximum absolute atomic E-state index is 12.8. The minimum absolute atomic E-state index is 0.0615. The van der Waals surface area contributed by atoms with Gasteiger partial charge in [0.05, 0.1) is 19.8 Å². The first-order valence-corrected chi connectivity index (χ1v) is 8.71. The Morgan fingerprint density at radius 1 is 1.00 bits per heavy atom. The van der Waals surface area contributed by atoms with Crippen molar-refractivity contribution in [1.29, 1.82) is 0 Å². The second-order valence-corrected chi connectivity index (χ2v) is 6.16. The van der Waals surface area contributed by atoms with Crippen molar-refractivity contribution in [3.8, 4) is 0 Å². The molecule has 9 heteroatoms. The molecule has 0 aliphatic rings. The number of carbonyl (C=O) groups excluding carboxylic acids is 3. The summed E-state index contributed by atoms with van der Waals surface area (Å²) in [6, 6.07) is 1.49. The van der Waals surface area contributed by atoms with Crippen LogP contribution in [0.4, 0.5) is 0 Å². The fraction of sp³-hybridized carbons (Fsp3) is 0.526. The SMILES string of the molecule is CC(=O)OCCOCCOCCC(C(C)=O)(C(=O)O)C(=O)c1cncc(C)c1. The molecule has 1 rings (SSSR count). The molecule has 1 N–H and O–H groups in total. The fourth-order valence-electron chi connectivity index (χ4n) is 2.52. The Balaban J connectivity index is 2.64. The Morgan fingerprint density at radius 2 is 1.61 bits per heavy atom. The highest BCUT2D eigenvalue weighted by molar-refractivity contribution is 6.26. The highest BCUT2D eigenvalue weighted by atomic mass is 16.6. The van der Waals surface area contributed by atoms with E-state index in [-0.39, 0.29) is 45.0 Å². The van der Waals surface area contributed by atoms with Gasteiger partial charge in [0.1, 0.15) is 6.61 Å². The number of aliphatic carboxylic acids is 1. The van der Waals surface area contributed by atoms with Crippen molar-refractivity contribution < 1.29 is 38.5 Å². The topological polar surface area (TPSA) is 129 Å². The van der Waals surface area contributed by atoms with Gasteiger partial charge in [-0.05, 0) is 25.5 Å². The number of ketones is 2. The lowest BCUT2D eigenvalue weighted by atomic mass is 9.74. The third-order valence-corrected chi connectivity index (χ3v) is 4.02. The first-order chi connectivity index (χ1) is 13.2. The van der Waals surface area contributed by atoms with Crippen LogP contribution in [-0.2, 0) is 28.6 Å². The van der Waals surface area contributed by atoms with Crippen molar-refractivity contribution in [2.24, 2.45) is 5.41 Å². The molecule has 28 heavy (non-hydrogen) atoms. The summed E-state index contributed by atoms with van der Waals surface area (Å²) in [7, 11) is 0. The van der Waals surface area contributed by atoms with Crippen LogP contribution in [0, 0.1) is 12.3 Å². The van der Waals surface area contributed by atoms with Gasteiger partial charge in [-0.2, -0.15) is 0 Å². The summed E-state index contributed by atoms with van der Waals surface area (Å²) >= 11 is 0. The molecule has 154 valence electrons. The molecule has 0 fully saturated rings. The average Bonchev–Trinajstić information content (AvgIpc) is 2.62. The number of rotatable bonds is 13. The van der Waals surface area contributed by atoms with Crippen LogP contribution in [0.15, 0.2) is 18.5 Å². The molecular weight excluding hydrogens is 370 g/mol. The van der Waals surface area contributed by atoms with Crippen molar-refractivity contribution in [2.75, 3.05) is 33.0 Å². The normalized spacial score (nSPS) is 12.8. The van der Waals surface area contributed by atoms with Gasteiger partial charge in [0.2, 0.25) is 0 Å². The number of carboxylic acids is 1. The van der Waals surface area contributed by atoms with Crippen molar-refractivity contribution in [3.05, 3.63) is 29.6 Å². The molecule has 0 spiro atoms. The van der Waals surface area contributed by atoms with Crippen LogP contribution in [0.3, 0.4) is 0 Å². The summed E-state index contributed by atoms with van der Waals surface area (Å²) in [4.78, 5) is 51.3. The predicted octanol–water partition coefficient (Wildman–Crippen LogP) is 1.22. The Morgan fingerprint density at radius 3 is 2.14 bits per heavy atom. The van der Waals surface area contributed by atoms with Gasteiger partial charge in [-0.3, -0.25) is 24.2 Å². The first kappa shape index (κ1) is 23.4. The summed E-state index contributed by atoms with van der Waals surface area (Å²) in [6.07, 6.45) is 2.46. The van der Waals surface area contributed by atoms with Crippen LogP contribution >= 0.6 is 0 Å². The standard InChI is InChI=1S/C19H25NO8/c1-13-10-16(12-20-11-13)17(23)19(14(2)21,18(24)25)4-5-26-6-7-27-8-9-28-15(3)22/h10-12H,4-9H2,1-3H3,(H,24,25). The van der Waals surface area contributed by atoms with E-state index in [2.05, 4.69) is 4.98 Å². The maximum atomic E-state index is 12.8. The molecule has 1 aromatic rings. The van der Waals surface area contributed by atoms with E-state index in [1.165, 1.54) is 25.4 Å². The molecule has 0 saturated heterocycles. The van der Waals surface area contributed by atoms with Gasteiger partial charge in [-0.1, -0.05) is 0 Å². The number of esters is 1. The van der Waals surface area contributed by atoms with Crippen LogP contribution in [-0.4, -0.2) is 66.6 Å². The number of hydrogen-bond acceptors (Lipinski definition) is 8. The molecule has 0 saturated carbocycles. The molecule has 1 aromatic heterocycles. The molecule has 0 aliphatic heterocycles. The van der Waals surface area contributed by atoms with E-state index in [0.717, 1.165) is 6.92 Å². The van der Waals surface area contributed by atoms with E-state index in [1.807, 2.05) is 0 Å². The molecule has 1 heterocycles. The molecule has 0 radical (unpaired) electrons. The average molecular weight is 395 g/mol. The second kappa shape index (κ2) is 11.3. The zero-order chi connectivity index (χ0) is 21.2. The van der Waals surface area contributed by atoms with Gasteiger partial charge < -0.3 is 19.3 Å². The van der Waals surface area contributed by atoms with Crippen LogP contribution in [0.1, 0.15) is 36.2 Å². The molecule has 0 aliphatic carbocycles. The van der Waals surface area contributed by atoms with Gasteiger partial charge in [0.25, 0.3) is 0 Å². The molecular formula is C19H25NO8. The van der Waals surface area contributed by atoms with Gasteiger partial charge in [-0.25, -0.2) is 0 Å². The van der Waals surface area contributed by atoms with E-state index in [1.54, 1.807) is 6.92 Å². The molecule has 1 atom stereocenters. The third kappa shape index (κ3) is 6.50. The lowest BCUT2D eigenvalue weighted by molar-refractivity contribution is -0.152. The summed E-state index contributed by atoms with van der Waals surface area (Å²) in [5.74, 6) is -3.51. The van der Waals surface area contributed by atoms with Crippen molar-refractivity contribution >= 4 is 23.5 Å². The van der Waals surface area contributed by atoms with E-state index < -0.39 is 28.9 Å². The maximum Gasteiger partial charge on any atom is 0.325 e. The Labute approximate surface area is 163 Å². The highest BCUT2D eigenvalue weighted by Gasteiger charge is 2.50. The summed E-state index contributed by atoms with van der Waals surface area (Å²) in [5, 5.41) is 9.66. The zero-order valence-electron chi connectivity index (χ0n) is 16.2. The summed E-state index contributed by atoms with van der Waals surface area (Å²) in [6.45, 7) is 4.61. The Hall–Kier alpha value is -2.65. The van der Waals surface area contributed by atoms with E-state index in [4.69, 9.17) is 14.2 Å². The molecule has 0 bridgehead atoms. The van der Waals surface area contributed by atoms with Crippen molar-refractivity contribution in [3.63, 3.8) is 0 Å². The molecule has 1 unspecified atom stereocenters. The smallest absolute Gasteiger partial charge is 0.325 e. The number of aromatic nitrogens is 1. The first-order valence-electron chi connectivity index (χ1n) is 8.71. The summed E-state index contributed by atoms with van der Waals surface area (Å²) < 4.78 is 15.2. The van der Waals surface area contributed by atoms with Crippen LogP contribution < -0.4 is 0 Å². The molecule has 0 amide bonds. The van der Waals surface area contributed by atoms with Gasteiger partial charge in [0.15, 0.2) is 17.0 Å². The van der Waals surface area contributed by atoms with Crippen LogP contribution in [0.25, 0.3) is 0 Å². The van der Waals surface area contributed by atoms with Gasteiger partial charge in [0, 0.05) is 37.9 Å². The number of hydrogen-bond donors (Lipinski definition) is 1. The molecule has 9 nitrogen and oxygen atoms in total. The van der Waals surface area contributed by atoms with E-state index in [0.29, 0.717) is 5.56 Å². The minimum Gasteiger partial charge on any atom is -0.480 e. The largest absolute Gasteiger partial charge is 0.480 e. The zero-order valence-corrected chi connectivity index (χ0v) is 16.2. The van der Waals surface area contributed by atoms with Gasteiger partial charge in [-0.15, -0.1) is 0 Å². The monoisotopic (exact) mass is 395 g/mol. The van der Waals surface area contributed by atoms with Crippen molar-refractivity contribution in [2.45, 2.75) is 27.2 Å². The minimum atomic E-state index is -2.23. The van der Waals surface area contributed by atoms with Gasteiger partial charge >= 0.3 is 11.9 Å². The number of Topliss-reactive ketones (excluding diaryl/α,β-unsaturated/α-hetero) is 2.